The molecular formula is C8H9BrN2O2. The smallest absolute Gasteiger partial charge is 0.302 e. The average molecular weight is 245 g/mol. The lowest BCUT2D eigenvalue weighted by Gasteiger charge is -2.08. The van der Waals surface area contributed by atoms with Crippen molar-refractivity contribution in [3.8, 4) is 0 Å². The van der Waals surface area contributed by atoms with Crippen LogP contribution in [0.5, 0.6) is 0 Å². The average Bonchev–Trinajstić information content (AvgIpc) is 2.15. The van der Waals surface area contributed by atoms with Crippen LogP contribution in [0.4, 0.5) is 0 Å². The quantitative estimate of drug-likeness (QED) is 0.597. The monoisotopic (exact) mass is 244 g/mol. The standard InChI is InChI=1S/C8H9BrN2O2/c1-6(12)13-4-8(9)7-2-10-5-11-3-7/h2-3,5,8H,4H2,1H3. The molecule has 0 N–H and O–H groups in total. The Hall–Kier alpha value is -0.970. The molecule has 0 aromatic carbocycles. The van der Waals surface area contributed by atoms with E-state index in [2.05, 4.69) is 25.9 Å². The van der Waals surface area contributed by atoms with Gasteiger partial charge in [0, 0.05) is 24.9 Å². The van der Waals surface area contributed by atoms with Gasteiger partial charge in [-0.25, -0.2) is 9.97 Å². The van der Waals surface area contributed by atoms with Crippen LogP contribution in [0.3, 0.4) is 0 Å². The summed E-state index contributed by atoms with van der Waals surface area (Å²) in [7, 11) is 0. The van der Waals surface area contributed by atoms with Crippen molar-refractivity contribution in [3.05, 3.63) is 24.3 Å². The Morgan fingerprint density at radius 3 is 2.77 bits per heavy atom. The van der Waals surface area contributed by atoms with Gasteiger partial charge >= 0.3 is 5.97 Å². The predicted molar refractivity (Wildman–Crippen MR) is 50.3 cm³/mol. The lowest BCUT2D eigenvalue weighted by atomic mass is 10.2. The highest BCUT2D eigenvalue weighted by Crippen LogP contribution is 2.20. The minimum absolute atomic E-state index is 0.0439. The molecule has 5 heteroatoms. The van der Waals surface area contributed by atoms with Crippen LogP contribution in [-0.4, -0.2) is 22.5 Å². The number of ether oxygens (including phenoxy) is 1. The van der Waals surface area contributed by atoms with Gasteiger partial charge < -0.3 is 4.74 Å². The Balaban J connectivity index is 2.49. The molecule has 1 atom stereocenters. The number of aromatic nitrogens is 2. The lowest BCUT2D eigenvalue weighted by Crippen LogP contribution is -2.06. The number of hydrogen-bond acceptors (Lipinski definition) is 4. The van der Waals surface area contributed by atoms with Crippen LogP contribution in [0.25, 0.3) is 0 Å². The summed E-state index contributed by atoms with van der Waals surface area (Å²) in [5.74, 6) is -0.290. The van der Waals surface area contributed by atoms with Crippen LogP contribution in [0.1, 0.15) is 17.3 Å². The van der Waals surface area contributed by atoms with Gasteiger partial charge in [0.25, 0.3) is 0 Å². The number of alkyl halides is 1. The number of halogens is 1. The molecule has 1 aromatic rings. The van der Waals surface area contributed by atoms with Gasteiger partial charge in [0.15, 0.2) is 0 Å². The highest BCUT2D eigenvalue weighted by atomic mass is 79.9. The van der Waals surface area contributed by atoms with E-state index >= 15 is 0 Å². The molecule has 0 bridgehead atoms. The van der Waals surface area contributed by atoms with E-state index in [1.807, 2.05) is 0 Å². The first-order valence-corrected chi connectivity index (χ1v) is 4.64. The Morgan fingerprint density at radius 1 is 1.62 bits per heavy atom. The minimum atomic E-state index is -0.290. The normalized spacial score (nSPS) is 12.2. The number of esters is 1. The fraction of sp³-hybridized carbons (Fsp3) is 0.375. The fourth-order valence-corrected chi connectivity index (χ4v) is 1.13. The maximum atomic E-state index is 10.5. The second-order valence-electron chi connectivity index (χ2n) is 2.44. The van der Waals surface area contributed by atoms with Crippen molar-refractivity contribution < 1.29 is 9.53 Å². The summed E-state index contributed by atoms with van der Waals surface area (Å²) < 4.78 is 4.82. The second-order valence-corrected chi connectivity index (χ2v) is 3.55. The Labute approximate surface area is 84.5 Å². The number of nitrogens with zero attached hydrogens (tertiary/aromatic N) is 2. The van der Waals surface area contributed by atoms with Crippen molar-refractivity contribution in [1.29, 1.82) is 0 Å². The molecule has 0 amide bonds. The van der Waals surface area contributed by atoms with Crippen molar-refractivity contribution in [3.63, 3.8) is 0 Å². The van der Waals surface area contributed by atoms with Crippen molar-refractivity contribution >= 4 is 21.9 Å². The zero-order valence-corrected chi connectivity index (χ0v) is 8.69. The van der Waals surface area contributed by atoms with E-state index in [-0.39, 0.29) is 10.8 Å². The Kier molecular flexibility index (Phi) is 3.82. The molecule has 0 saturated heterocycles. The van der Waals surface area contributed by atoms with E-state index in [9.17, 15) is 4.79 Å². The number of carbonyl (C=O) groups excluding carboxylic acids is 1. The summed E-state index contributed by atoms with van der Waals surface area (Å²) in [6.45, 7) is 1.67. The van der Waals surface area contributed by atoms with Crippen molar-refractivity contribution in [1.82, 2.24) is 9.97 Å². The maximum Gasteiger partial charge on any atom is 0.302 e. The molecule has 0 spiro atoms. The van der Waals surface area contributed by atoms with E-state index in [4.69, 9.17) is 4.74 Å². The molecule has 0 aliphatic carbocycles. The van der Waals surface area contributed by atoms with Gasteiger partial charge in [-0.2, -0.15) is 0 Å². The van der Waals surface area contributed by atoms with E-state index in [0.29, 0.717) is 6.61 Å². The van der Waals surface area contributed by atoms with Gasteiger partial charge in [-0.05, 0) is 0 Å². The molecule has 1 unspecified atom stereocenters. The molecular weight excluding hydrogens is 236 g/mol. The molecule has 4 nitrogen and oxygen atoms in total. The third-order valence-corrected chi connectivity index (χ3v) is 2.17. The van der Waals surface area contributed by atoms with E-state index in [1.165, 1.54) is 13.3 Å². The third kappa shape index (κ3) is 3.50. The fourth-order valence-electron chi connectivity index (χ4n) is 0.759. The summed E-state index contributed by atoms with van der Waals surface area (Å²) in [5, 5.41) is 0. The van der Waals surface area contributed by atoms with Gasteiger partial charge in [0.2, 0.25) is 0 Å². The lowest BCUT2D eigenvalue weighted by molar-refractivity contribution is -0.140. The Bertz CT molecular complexity index is 279. The summed E-state index contributed by atoms with van der Waals surface area (Å²) in [6, 6.07) is 0. The topological polar surface area (TPSA) is 52.1 Å². The summed E-state index contributed by atoms with van der Waals surface area (Å²) in [4.78, 5) is 18.2. The highest BCUT2D eigenvalue weighted by molar-refractivity contribution is 9.09. The van der Waals surface area contributed by atoms with Crippen molar-refractivity contribution in [2.75, 3.05) is 6.61 Å². The summed E-state index contributed by atoms with van der Waals surface area (Å²) in [5.41, 5.74) is 0.892. The van der Waals surface area contributed by atoms with Crippen LogP contribution in [-0.2, 0) is 9.53 Å². The highest BCUT2D eigenvalue weighted by Gasteiger charge is 2.08. The van der Waals surface area contributed by atoms with Crippen molar-refractivity contribution in [2.45, 2.75) is 11.8 Å². The molecule has 0 fully saturated rings. The molecule has 0 radical (unpaired) electrons. The van der Waals surface area contributed by atoms with Gasteiger partial charge in [-0.3, -0.25) is 4.79 Å². The number of hydrogen-bond donors (Lipinski definition) is 0. The summed E-state index contributed by atoms with van der Waals surface area (Å²) in [6.07, 6.45) is 4.81. The SMILES string of the molecule is CC(=O)OCC(Br)c1cncnc1. The van der Waals surface area contributed by atoms with Crippen LogP contribution in [0.15, 0.2) is 18.7 Å². The van der Waals surface area contributed by atoms with Crippen LogP contribution in [0, 0.1) is 0 Å². The zero-order valence-electron chi connectivity index (χ0n) is 7.11. The molecule has 70 valence electrons. The molecule has 1 heterocycles. The van der Waals surface area contributed by atoms with Crippen LogP contribution >= 0.6 is 15.9 Å². The first-order valence-electron chi connectivity index (χ1n) is 3.72. The van der Waals surface area contributed by atoms with Gasteiger partial charge in [0.05, 0.1) is 4.83 Å². The molecule has 1 aromatic heterocycles. The van der Waals surface area contributed by atoms with E-state index in [0.717, 1.165) is 5.56 Å². The molecule has 0 aliphatic rings. The first kappa shape index (κ1) is 10.1. The zero-order chi connectivity index (χ0) is 9.68. The third-order valence-electron chi connectivity index (χ3n) is 1.38. The van der Waals surface area contributed by atoms with Crippen LogP contribution < -0.4 is 0 Å². The number of rotatable bonds is 3. The maximum absolute atomic E-state index is 10.5. The number of carbonyl (C=O) groups is 1. The van der Waals surface area contributed by atoms with Gasteiger partial charge in [-0.15, -0.1) is 0 Å². The van der Waals surface area contributed by atoms with E-state index in [1.54, 1.807) is 12.4 Å². The largest absolute Gasteiger partial charge is 0.464 e. The van der Waals surface area contributed by atoms with Gasteiger partial charge in [0.1, 0.15) is 12.9 Å². The first-order chi connectivity index (χ1) is 6.20. The molecule has 1 rings (SSSR count). The second kappa shape index (κ2) is 4.91. The molecule has 0 saturated carbocycles. The van der Waals surface area contributed by atoms with Crippen LogP contribution in [0.2, 0.25) is 0 Å². The molecule has 0 aliphatic heterocycles. The minimum Gasteiger partial charge on any atom is -0.464 e. The van der Waals surface area contributed by atoms with Crippen molar-refractivity contribution in [2.24, 2.45) is 0 Å². The van der Waals surface area contributed by atoms with Gasteiger partial charge in [-0.1, -0.05) is 15.9 Å². The Morgan fingerprint density at radius 2 is 2.23 bits per heavy atom. The predicted octanol–water partition coefficient (Wildman–Crippen LogP) is 1.48. The van der Waals surface area contributed by atoms with E-state index < -0.39 is 0 Å². The molecule has 13 heavy (non-hydrogen) atoms. The summed E-state index contributed by atoms with van der Waals surface area (Å²) >= 11 is 3.36.